The van der Waals surface area contributed by atoms with E-state index in [9.17, 15) is 13.2 Å². The fourth-order valence-electron chi connectivity index (χ4n) is 2.62. The van der Waals surface area contributed by atoms with E-state index in [0.29, 0.717) is 28.9 Å². The summed E-state index contributed by atoms with van der Waals surface area (Å²) in [6.45, 7) is 0.910. The first kappa shape index (κ1) is 22.1. The largest absolute Gasteiger partial charge is 0.482 e. The van der Waals surface area contributed by atoms with E-state index in [-0.39, 0.29) is 35.4 Å². The Morgan fingerprint density at radius 2 is 1.79 bits per heavy atom. The van der Waals surface area contributed by atoms with Gasteiger partial charge in [0.25, 0.3) is 5.91 Å². The predicted octanol–water partition coefficient (Wildman–Crippen LogP) is 3.69. The Kier molecular flexibility index (Phi) is 7.26. The van der Waals surface area contributed by atoms with Crippen LogP contribution >= 0.6 is 34.8 Å². The third-order valence-corrected chi connectivity index (χ3v) is 6.83. The lowest BCUT2D eigenvalue weighted by Gasteiger charge is -2.26. The van der Waals surface area contributed by atoms with E-state index in [2.05, 4.69) is 5.32 Å². The minimum Gasteiger partial charge on any atom is -0.482 e. The fourth-order valence-corrected chi connectivity index (χ4v) is 4.69. The summed E-state index contributed by atoms with van der Waals surface area (Å²) in [5, 5.41) is 3.41. The van der Waals surface area contributed by atoms with Crippen LogP contribution in [0.4, 0.5) is 5.69 Å². The molecule has 1 aliphatic rings. The maximum absolute atomic E-state index is 12.7. The van der Waals surface area contributed by atoms with Crippen LogP contribution in [-0.4, -0.2) is 51.5 Å². The molecular weight excluding hydrogens is 463 g/mol. The first-order valence-corrected chi connectivity index (χ1v) is 11.1. The second-order valence-corrected chi connectivity index (χ2v) is 9.26. The molecule has 0 atom stereocenters. The first-order valence-electron chi connectivity index (χ1n) is 8.52. The second kappa shape index (κ2) is 9.51. The SMILES string of the molecule is O=C(COc1ccc(S(=O)(=O)N2CCOCC2)cc1Cl)Nc1cc(Cl)ccc1Cl. The molecule has 1 aliphatic heterocycles. The highest BCUT2D eigenvalue weighted by molar-refractivity contribution is 7.89. The van der Waals surface area contributed by atoms with Gasteiger partial charge in [0.05, 0.1) is 33.8 Å². The van der Waals surface area contributed by atoms with E-state index in [4.69, 9.17) is 44.3 Å². The van der Waals surface area contributed by atoms with E-state index in [1.54, 1.807) is 12.1 Å². The molecule has 2 aromatic rings. The van der Waals surface area contributed by atoms with Crippen LogP contribution in [0, 0.1) is 0 Å². The molecule has 0 unspecified atom stereocenters. The molecule has 2 aromatic carbocycles. The molecule has 1 N–H and O–H groups in total. The number of carbonyl (C=O) groups is 1. The molecule has 0 radical (unpaired) electrons. The number of nitrogens with zero attached hydrogens (tertiary/aromatic N) is 1. The maximum atomic E-state index is 12.7. The van der Waals surface area contributed by atoms with Gasteiger partial charge in [0.15, 0.2) is 6.61 Å². The molecular formula is C18H17Cl3N2O5S. The molecule has 1 amide bonds. The van der Waals surface area contributed by atoms with Gasteiger partial charge in [-0.25, -0.2) is 8.42 Å². The maximum Gasteiger partial charge on any atom is 0.262 e. The number of nitrogens with one attached hydrogen (secondary N) is 1. The Morgan fingerprint density at radius 3 is 2.48 bits per heavy atom. The van der Waals surface area contributed by atoms with Crippen molar-refractivity contribution in [2.45, 2.75) is 4.90 Å². The lowest BCUT2D eigenvalue weighted by Crippen LogP contribution is -2.40. The van der Waals surface area contributed by atoms with Crippen LogP contribution in [0.2, 0.25) is 15.1 Å². The molecule has 0 aliphatic carbocycles. The van der Waals surface area contributed by atoms with Gasteiger partial charge >= 0.3 is 0 Å². The minimum atomic E-state index is -3.68. The van der Waals surface area contributed by atoms with Crippen molar-refractivity contribution < 1.29 is 22.7 Å². The minimum absolute atomic E-state index is 0.0481. The van der Waals surface area contributed by atoms with Crippen molar-refractivity contribution in [2.75, 3.05) is 38.2 Å². The molecule has 0 saturated carbocycles. The summed E-state index contributed by atoms with van der Waals surface area (Å²) in [5.41, 5.74) is 0.353. The monoisotopic (exact) mass is 478 g/mol. The van der Waals surface area contributed by atoms with Gasteiger partial charge in [-0.1, -0.05) is 34.8 Å². The van der Waals surface area contributed by atoms with Crippen molar-refractivity contribution in [3.63, 3.8) is 0 Å². The van der Waals surface area contributed by atoms with Crippen molar-refractivity contribution in [1.29, 1.82) is 0 Å². The molecule has 11 heteroatoms. The van der Waals surface area contributed by atoms with Gasteiger partial charge in [-0.3, -0.25) is 4.79 Å². The van der Waals surface area contributed by atoms with E-state index in [1.807, 2.05) is 0 Å². The van der Waals surface area contributed by atoms with Gasteiger partial charge in [0.2, 0.25) is 10.0 Å². The quantitative estimate of drug-likeness (QED) is 0.683. The van der Waals surface area contributed by atoms with Crippen LogP contribution in [0.15, 0.2) is 41.3 Å². The van der Waals surface area contributed by atoms with Gasteiger partial charge in [0, 0.05) is 18.1 Å². The summed E-state index contributed by atoms with van der Waals surface area (Å²) in [7, 11) is -3.68. The molecule has 29 heavy (non-hydrogen) atoms. The molecule has 0 aromatic heterocycles. The number of anilines is 1. The summed E-state index contributed by atoms with van der Waals surface area (Å²) in [4.78, 5) is 12.1. The van der Waals surface area contributed by atoms with Crippen LogP contribution in [0.25, 0.3) is 0 Å². The van der Waals surface area contributed by atoms with Gasteiger partial charge in [-0.15, -0.1) is 0 Å². The summed E-state index contributed by atoms with van der Waals surface area (Å²) >= 11 is 18.0. The molecule has 7 nitrogen and oxygen atoms in total. The summed E-state index contributed by atoms with van der Waals surface area (Å²) in [6.07, 6.45) is 0. The van der Waals surface area contributed by atoms with Crippen molar-refractivity contribution >= 4 is 56.4 Å². The zero-order valence-corrected chi connectivity index (χ0v) is 18.1. The fraction of sp³-hybridized carbons (Fsp3) is 0.278. The van der Waals surface area contributed by atoms with E-state index >= 15 is 0 Å². The van der Waals surface area contributed by atoms with Crippen LogP contribution < -0.4 is 10.1 Å². The molecule has 1 heterocycles. The number of morpholine rings is 1. The highest BCUT2D eigenvalue weighted by atomic mass is 35.5. The Balaban J connectivity index is 1.64. The summed E-state index contributed by atoms with van der Waals surface area (Å²) in [5.74, 6) is -0.296. The smallest absolute Gasteiger partial charge is 0.262 e. The Labute approximate surface area is 183 Å². The molecule has 156 valence electrons. The zero-order chi connectivity index (χ0) is 21.0. The lowest BCUT2D eigenvalue weighted by molar-refractivity contribution is -0.118. The van der Waals surface area contributed by atoms with E-state index in [0.717, 1.165) is 0 Å². The number of hydrogen-bond acceptors (Lipinski definition) is 5. The normalized spacial score (nSPS) is 15.1. The van der Waals surface area contributed by atoms with Gasteiger partial charge in [-0.05, 0) is 36.4 Å². The van der Waals surface area contributed by atoms with Crippen molar-refractivity contribution in [3.8, 4) is 5.75 Å². The molecule has 1 saturated heterocycles. The average molecular weight is 480 g/mol. The van der Waals surface area contributed by atoms with Crippen LogP contribution in [0.5, 0.6) is 5.75 Å². The Hall–Kier alpha value is -1.55. The Bertz CT molecular complexity index is 1010. The van der Waals surface area contributed by atoms with Gasteiger partial charge in [-0.2, -0.15) is 4.31 Å². The standard InChI is InChI=1S/C18H17Cl3N2O5S/c19-12-1-3-14(20)16(9-12)22-18(24)11-28-17-4-2-13(10-15(17)21)29(25,26)23-5-7-27-8-6-23/h1-4,9-10H,5-8,11H2,(H,22,24). The Morgan fingerprint density at radius 1 is 1.07 bits per heavy atom. The van der Waals surface area contributed by atoms with Gasteiger partial charge < -0.3 is 14.8 Å². The highest BCUT2D eigenvalue weighted by Gasteiger charge is 2.27. The predicted molar refractivity (Wildman–Crippen MR) is 112 cm³/mol. The molecule has 0 spiro atoms. The lowest BCUT2D eigenvalue weighted by atomic mass is 10.3. The average Bonchev–Trinajstić information content (AvgIpc) is 2.70. The number of amides is 1. The summed E-state index contributed by atoms with van der Waals surface area (Å²) < 4.78 is 37.2. The number of benzene rings is 2. The first-order chi connectivity index (χ1) is 13.8. The molecule has 3 rings (SSSR count). The molecule has 1 fully saturated rings. The number of sulfonamides is 1. The van der Waals surface area contributed by atoms with Crippen molar-refractivity contribution in [3.05, 3.63) is 51.5 Å². The van der Waals surface area contributed by atoms with Crippen LogP contribution in [0.1, 0.15) is 0 Å². The van der Waals surface area contributed by atoms with Gasteiger partial charge in [0.1, 0.15) is 5.75 Å². The number of halogens is 3. The van der Waals surface area contributed by atoms with E-state index < -0.39 is 15.9 Å². The third-order valence-electron chi connectivity index (χ3n) is 4.07. The number of rotatable bonds is 6. The number of carbonyl (C=O) groups excluding carboxylic acids is 1. The van der Waals surface area contributed by atoms with Crippen molar-refractivity contribution in [2.24, 2.45) is 0 Å². The van der Waals surface area contributed by atoms with E-state index in [1.165, 1.54) is 28.6 Å². The van der Waals surface area contributed by atoms with Crippen LogP contribution in [0.3, 0.4) is 0 Å². The zero-order valence-electron chi connectivity index (χ0n) is 15.0. The highest BCUT2D eigenvalue weighted by Crippen LogP contribution is 2.29. The number of ether oxygens (including phenoxy) is 2. The van der Waals surface area contributed by atoms with Crippen molar-refractivity contribution in [1.82, 2.24) is 4.31 Å². The second-order valence-electron chi connectivity index (χ2n) is 6.07. The molecule has 0 bridgehead atoms. The number of hydrogen-bond donors (Lipinski definition) is 1. The third kappa shape index (κ3) is 5.53. The van der Waals surface area contributed by atoms with Crippen LogP contribution in [-0.2, 0) is 19.6 Å². The summed E-state index contributed by atoms with van der Waals surface area (Å²) in [6, 6.07) is 8.77. The topological polar surface area (TPSA) is 84.9 Å².